The van der Waals surface area contributed by atoms with Crippen molar-refractivity contribution in [1.29, 1.82) is 0 Å². The maximum Gasteiger partial charge on any atom is 0.311 e. The van der Waals surface area contributed by atoms with Crippen molar-refractivity contribution >= 4 is 23.5 Å². The van der Waals surface area contributed by atoms with Gasteiger partial charge in [0.25, 0.3) is 0 Å². The number of methoxy groups -OCH3 is 1. The molecule has 0 unspecified atom stereocenters. The van der Waals surface area contributed by atoms with Gasteiger partial charge in [0.05, 0.1) is 59.8 Å². The van der Waals surface area contributed by atoms with E-state index < -0.39 is 126 Å². The number of ether oxygens (including phenoxy) is 6. The highest BCUT2D eigenvalue weighted by atomic mass is 35.5. The Morgan fingerprint density at radius 3 is 2.09 bits per heavy atom. The Bertz CT molecular complexity index is 1240. The van der Waals surface area contributed by atoms with Gasteiger partial charge in [0.15, 0.2) is 12.6 Å². The molecule has 316 valence electrons. The minimum atomic E-state index is -1.97. The van der Waals surface area contributed by atoms with Crippen LogP contribution in [0, 0.1) is 23.7 Å². The van der Waals surface area contributed by atoms with Crippen LogP contribution in [-0.2, 0) is 38.0 Å². The molecule has 3 aliphatic rings. The summed E-state index contributed by atoms with van der Waals surface area (Å²) in [7, 11) is 2.99. The van der Waals surface area contributed by atoms with Gasteiger partial charge in [0, 0.05) is 32.4 Å². The molecule has 3 heterocycles. The number of aliphatic hydroxyl groups is 6. The van der Waals surface area contributed by atoms with Crippen molar-refractivity contribution in [2.24, 2.45) is 23.7 Å². The Morgan fingerprint density at radius 2 is 1.54 bits per heavy atom. The van der Waals surface area contributed by atoms with Gasteiger partial charge < -0.3 is 64.0 Å². The third kappa shape index (κ3) is 10.1. The zero-order valence-electron chi connectivity index (χ0n) is 34.0. The molecule has 3 aliphatic heterocycles. The minimum absolute atomic E-state index is 0.0616. The lowest BCUT2D eigenvalue weighted by Gasteiger charge is -2.49. The van der Waals surface area contributed by atoms with Crippen LogP contribution in [0.1, 0.15) is 94.9 Å². The molecule has 3 fully saturated rings. The summed E-state index contributed by atoms with van der Waals surface area (Å²) in [6.45, 7) is 16.3. The second-order valence-electron chi connectivity index (χ2n) is 16.9. The molecule has 6 N–H and O–H groups in total. The molecule has 0 saturated carbocycles. The van der Waals surface area contributed by atoms with E-state index in [4.69, 9.17) is 40.0 Å². The fraction of sp³-hybridized carbons (Fsp3) is 0.947. The predicted molar refractivity (Wildman–Crippen MR) is 197 cm³/mol. The highest BCUT2D eigenvalue weighted by molar-refractivity contribution is 6.27. The fourth-order valence-electron chi connectivity index (χ4n) is 8.74. The first-order valence-corrected chi connectivity index (χ1v) is 19.8. The SMILES string of the molecule is CC[C@H]1OC(=O)[C@H](C)[C@@H](O[C@H]2C[C@@](C)(OC)[C@@H](O)[C@H](C)O2)[C@H](C)[C@@H](O[C@@H]2O[C@H](C)C[C@H](N(C)C(=O)CCl)[C@H]2O)[C@](C)(O)C[C@@H](C)[C@H](O)[C@H](C)[C@@H](O)[C@]1(C)O. The zero-order chi connectivity index (χ0) is 41.2. The number of alkyl halides is 1. The number of esters is 1. The normalized spacial score (nSPS) is 48.8. The van der Waals surface area contributed by atoms with Crippen LogP contribution >= 0.6 is 11.6 Å². The van der Waals surface area contributed by atoms with Crippen molar-refractivity contribution in [2.75, 3.05) is 20.0 Å². The van der Waals surface area contributed by atoms with Crippen LogP contribution in [0.4, 0.5) is 0 Å². The summed E-state index contributed by atoms with van der Waals surface area (Å²) in [6.07, 6.45) is -12.0. The highest BCUT2D eigenvalue weighted by Gasteiger charge is 2.53. The molecule has 0 aromatic rings. The number of carbonyl (C=O) groups excluding carboxylic acids is 2. The Balaban J connectivity index is 2.19. The standard InChI is InChI=1S/C38H68ClNO14/c1-13-25-38(10,48)31(44)20(4)28(42)18(2)15-36(8,47)33(54-35-29(43)24(14-19(3)50-35)40(11)26(41)17-39)21(5)30(22(6)34(46)52-25)53-27-16-37(9,49-12)32(45)23(7)51-27/h18-25,27-33,35,42-45,47-48H,13-17H2,1-12H3/t18-,19-,20+,21+,22-,23+,24+,25-,27+,28+,29-,30+,31-,32+,33-,35+,36-,37-,38-/m1/s1. The number of likely N-dealkylation sites (N-methyl/N-ethyl adjacent to an activating group) is 1. The summed E-state index contributed by atoms with van der Waals surface area (Å²) >= 11 is 5.85. The summed E-state index contributed by atoms with van der Waals surface area (Å²) in [6, 6.07) is -0.748. The van der Waals surface area contributed by atoms with Gasteiger partial charge in [-0.1, -0.05) is 27.7 Å². The lowest BCUT2D eigenvalue weighted by molar-refractivity contribution is -0.318. The molecular formula is C38H68ClNO14. The topological polar surface area (TPSA) is 214 Å². The van der Waals surface area contributed by atoms with E-state index in [9.17, 15) is 40.2 Å². The fourth-order valence-corrected chi connectivity index (χ4v) is 8.93. The van der Waals surface area contributed by atoms with E-state index in [0.717, 1.165) is 0 Å². The molecule has 0 aliphatic carbocycles. The lowest BCUT2D eigenvalue weighted by Crippen LogP contribution is -2.62. The Morgan fingerprint density at radius 1 is 0.926 bits per heavy atom. The summed E-state index contributed by atoms with van der Waals surface area (Å²) < 4.78 is 37.1. The van der Waals surface area contributed by atoms with Crippen molar-refractivity contribution in [3.05, 3.63) is 0 Å². The molecule has 16 heteroatoms. The molecule has 3 rings (SSSR count). The number of hydrogen-bond acceptors (Lipinski definition) is 14. The van der Waals surface area contributed by atoms with Crippen LogP contribution in [0.15, 0.2) is 0 Å². The molecule has 54 heavy (non-hydrogen) atoms. The average Bonchev–Trinajstić information content (AvgIpc) is 3.11. The Labute approximate surface area is 325 Å². The van der Waals surface area contributed by atoms with Gasteiger partial charge in [-0.3, -0.25) is 9.59 Å². The monoisotopic (exact) mass is 797 g/mol. The molecule has 0 spiro atoms. The molecule has 3 saturated heterocycles. The van der Waals surface area contributed by atoms with Gasteiger partial charge >= 0.3 is 5.97 Å². The van der Waals surface area contributed by atoms with E-state index in [1.54, 1.807) is 55.4 Å². The van der Waals surface area contributed by atoms with Gasteiger partial charge in [0.1, 0.15) is 29.8 Å². The van der Waals surface area contributed by atoms with Crippen LogP contribution in [0.5, 0.6) is 0 Å². The van der Waals surface area contributed by atoms with Crippen LogP contribution in [0.25, 0.3) is 0 Å². The maximum absolute atomic E-state index is 14.1. The first-order valence-electron chi connectivity index (χ1n) is 19.2. The number of amides is 1. The van der Waals surface area contributed by atoms with E-state index in [1.807, 2.05) is 0 Å². The van der Waals surface area contributed by atoms with Gasteiger partial charge in [-0.2, -0.15) is 0 Å². The van der Waals surface area contributed by atoms with Gasteiger partial charge in [-0.15, -0.1) is 11.6 Å². The summed E-state index contributed by atoms with van der Waals surface area (Å²) in [5, 5.41) is 69.6. The van der Waals surface area contributed by atoms with Crippen LogP contribution < -0.4 is 0 Å². The van der Waals surface area contributed by atoms with Gasteiger partial charge in [0.2, 0.25) is 5.91 Å². The lowest BCUT2D eigenvalue weighted by atomic mass is 9.73. The molecular weight excluding hydrogens is 730 g/mol. The van der Waals surface area contributed by atoms with Crippen molar-refractivity contribution in [1.82, 2.24) is 4.90 Å². The molecule has 0 radical (unpaired) electrons. The van der Waals surface area contributed by atoms with Crippen LogP contribution in [0.2, 0.25) is 0 Å². The van der Waals surface area contributed by atoms with E-state index in [0.29, 0.717) is 0 Å². The third-order valence-electron chi connectivity index (χ3n) is 12.4. The largest absolute Gasteiger partial charge is 0.459 e. The highest BCUT2D eigenvalue weighted by Crippen LogP contribution is 2.41. The number of rotatable bonds is 8. The molecule has 15 nitrogen and oxygen atoms in total. The third-order valence-corrected chi connectivity index (χ3v) is 12.6. The van der Waals surface area contributed by atoms with Crippen LogP contribution in [0.3, 0.4) is 0 Å². The Kier molecular flexibility index (Phi) is 16.2. The molecule has 0 aromatic heterocycles. The van der Waals surface area contributed by atoms with Crippen LogP contribution in [-0.4, -0.2) is 158 Å². The first-order chi connectivity index (χ1) is 24.9. The number of carbonyl (C=O) groups is 2. The smallest absolute Gasteiger partial charge is 0.311 e. The number of aliphatic hydroxyl groups excluding tert-OH is 4. The quantitative estimate of drug-likeness (QED) is 0.153. The van der Waals surface area contributed by atoms with Gasteiger partial charge in [-0.25, -0.2) is 0 Å². The average molecular weight is 798 g/mol. The first kappa shape index (κ1) is 47.2. The van der Waals surface area contributed by atoms with E-state index in [1.165, 1.54) is 32.9 Å². The number of hydrogen-bond donors (Lipinski definition) is 6. The van der Waals surface area contributed by atoms with E-state index in [-0.39, 0.29) is 31.6 Å². The Hall–Kier alpha value is -1.21. The summed E-state index contributed by atoms with van der Waals surface area (Å²) in [5.41, 5.74) is -4.88. The van der Waals surface area contributed by atoms with Crippen molar-refractivity contribution in [3.63, 3.8) is 0 Å². The van der Waals surface area contributed by atoms with Crippen molar-refractivity contribution < 1.29 is 68.6 Å². The number of halogens is 1. The summed E-state index contributed by atoms with van der Waals surface area (Å²) in [4.78, 5) is 28.1. The predicted octanol–water partition coefficient (Wildman–Crippen LogP) is 1.71. The minimum Gasteiger partial charge on any atom is -0.459 e. The van der Waals surface area contributed by atoms with E-state index >= 15 is 0 Å². The van der Waals surface area contributed by atoms with Gasteiger partial charge in [-0.05, 0) is 66.7 Å². The number of cyclic esters (lactones) is 1. The molecule has 0 aromatic carbocycles. The van der Waals surface area contributed by atoms with Crippen molar-refractivity contribution in [2.45, 2.75) is 185 Å². The molecule has 0 bridgehead atoms. The molecule has 1 amide bonds. The number of nitrogens with zero attached hydrogens (tertiary/aromatic N) is 1. The second kappa shape index (κ2) is 18.6. The summed E-state index contributed by atoms with van der Waals surface area (Å²) in [5.74, 6) is -5.14. The molecule has 19 atom stereocenters. The van der Waals surface area contributed by atoms with E-state index in [2.05, 4.69) is 0 Å². The second-order valence-corrected chi connectivity index (χ2v) is 17.1. The zero-order valence-corrected chi connectivity index (χ0v) is 34.8. The van der Waals surface area contributed by atoms with Crippen molar-refractivity contribution in [3.8, 4) is 0 Å². The maximum atomic E-state index is 14.1.